The van der Waals surface area contributed by atoms with Crippen LogP contribution >= 0.6 is 27.5 Å². The van der Waals surface area contributed by atoms with E-state index in [1.54, 1.807) is 42.5 Å². The quantitative estimate of drug-likeness (QED) is 0.248. The lowest BCUT2D eigenvalue weighted by atomic mass is 10.2. The van der Waals surface area contributed by atoms with Crippen molar-refractivity contribution in [1.29, 1.82) is 0 Å². The monoisotopic (exact) mass is 502 g/mol. The smallest absolute Gasteiger partial charge is 0.329 e. The number of nitrogens with one attached hydrogen (secondary N) is 3. The first-order chi connectivity index (χ1) is 14.8. The van der Waals surface area contributed by atoms with E-state index in [0.29, 0.717) is 27.6 Å². The second-order valence-electron chi connectivity index (χ2n) is 6.48. The summed E-state index contributed by atoms with van der Waals surface area (Å²) in [6, 6.07) is 16.2. The Kier molecular flexibility index (Phi) is 7.38. The van der Waals surface area contributed by atoms with Crippen molar-refractivity contribution in [2.24, 2.45) is 5.10 Å². The van der Waals surface area contributed by atoms with Gasteiger partial charge in [0.15, 0.2) is 0 Å². The first kappa shape index (κ1) is 22.5. The van der Waals surface area contributed by atoms with Gasteiger partial charge < -0.3 is 10.6 Å². The van der Waals surface area contributed by atoms with Crippen LogP contribution in [0.25, 0.3) is 0 Å². The van der Waals surface area contributed by atoms with Gasteiger partial charge in [-0.3, -0.25) is 9.59 Å². The van der Waals surface area contributed by atoms with Crippen LogP contribution in [0.15, 0.2) is 70.2 Å². The molecule has 0 saturated carbocycles. The molecule has 0 atom stereocenters. The van der Waals surface area contributed by atoms with Crippen molar-refractivity contribution >= 4 is 62.6 Å². The maximum absolute atomic E-state index is 13.1. The Labute approximate surface area is 191 Å². The second-order valence-corrected chi connectivity index (χ2v) is 7.80. The van der Waals surface area contributed by atoms with E-state index >= 15 is 0 Å². The van der Waals surface area contributed by atoms with Gasteiger partial charge in [-0.05, 0) is 67.1 Å². The zero-order chi connectivity index (χ0) is 22.4. The normalized spacial score (nSPS) is 10.7. The number of aryl methyl sites for hydroxylation is 1. The number of nitrogens with zero attached hydrogens (tertiary/aromatic N) is 1. The minimum Gasteiger partial charge on any atom is -0.355 e. The van der Waals surface area contributed by atoms with Gasteiger partial charge in [0, 0.05) is 32.1 Å². The molecular formula is C22H17BrClFN4O2. The Balaban J connectivity index is 1.66. The zero-order valence-electron chi connectivity index (χ0n) is 16.2. The fourth-order valence-corrected chi connectivity index (χ4v) is 3.07. The number of carbonyl (C=O) groups is 2. The number of anilines is 3. The Morgan fingerprint density at radius 1 is 1.00 bits per heavy atom. The van der Waals surface area contributed by atoms with Crippen molar-refractivity contribution in [2.45, 2.75) is 6.92 Å². The van der Waals surface area contributed by atoms with Crippen LogP contribution in [0.2, 0.25) is 5.02 Å². The van der Waals surface area contributed by atoms with Crippen LogP contribution in [0.3, 0.4) is 0 Å². The highest BCUT2D eigenvalue weighted by Crippen LogP contribution is 2.24. The molecule has 0 aliphatic rings. The van der Waals surface area contributed by atoms with Gasteiger partial charge >= 0.3 is 11.8 Å². The highest BCUT2D eigenvalue weighted by atomic mass is 79.9. The largest absolute Gasteiger partial charge is 0.355 e. The first-order valence-electron chi connectivity index (χ1n) is 9.04. The number of benzene rings is 3. The fraction of sp³-hybridized carbons (Fsp3) is 0.0455. The van der Waals surface area contributed by atoms with E-state index in [9.17, 15) is 14.0 Å². The van der Waals surface area contributed by atoms with Gasteiger partial charge in [0.05, 0.1) is 6.21 Å². The van der Waals surface area contributed by atoms with Gasteiger partial charge in [0.1, 0.15) is 5.82 Å². The third kappa shape index (κ3) is 6.37. The van der Waals surface area contributed by atoms with Crippen LogP contribution < -0.4 is 16.1 Å². The number of hydrogen-bond donors (Lipinski definition) is 3. The van der Waals surface area contributed by atoms with Crippen LogP contribution in [-0.4, -0.2) is 18.0 Å². The van der Waals surface area contributed by atoms with E-state index in [1.807, 2.05) is 13.0 Å². The van der Waals surface area contributed by atoms with E-state index < -0.39 is 11.8 Å². The lowest BCUT2D eigenvalue weighted by molar-refractivity contribution is -0.136. The standard InChI is InChI=1S/C22H17BrClFN4O2/c1-13-2-6-18(11-19(13)24)28-21(30)22(31)29-26-12-14-10-15(23)3-9-20(14)27-17-7-4-16(25)5-8-17/h2-12,27H,1H3,(H,28,30)(H,29,31)/b26-12-. The van der Waals surface area contributed by atoms with Gasteiger partial charge in [0.25, 0.3) is 0 Å². The zero-order valence-corrected chi connectivity index (χ0v) is 18.6. The maximum Gasteiger partial charge on any atom is 0.329 e. The van der Waals surface area contributed by atoms with E-state index in [1.165, 1.54) is 18.3 Å². The van der Waals surface area contributed by atoms with Crippen molar-refractivity contribution in [3.63, 3.8) is 0 Å². The van der Waals surface area contributed by atoms with E-state index in [-0.39, 0.29) is 5.82 Å². The summed E-state index contributed by atoms with van der Waals surface area (Å²) in [5, 5.41) is 9.94. The van der Waals surface area contributed by atoms with Gasteiger partial charge in [-0.25, -0.2) is 9.82 Å². The molecule has 158 valence electrons. The van der Waals surface area contributed by atoms with Crippen LogP contribution in [0.4, 0.5) is 21.5 Å². The molecule has 0 aromatic heterocycles. The minimum atomic E-state index is -0.934. The van der Waals surface area contributed by atoms with Gasteiger partial charge in [0.2, 0.25) is 0 Å². The van der Waals surface area contributed by atoms with Crippen molar-refractivity contribution in [2.75, 3.05) is 10.6 Å². The number of halogens is 3. The highest BCUT2D eigenvalue weighted by Gasteiger charge is 2.13. The minimum absolute atomic E-state index is 0.336. The predicted octanol–water partition coefficient (Wildman–Crippen LogP) is 5.38. The molecular weight excluding hydrogens is 487 g/mol. The predicted molar refractivity (Wildman–Crippen MR) is 124 cm³/mol. The van der Waals surface area contributed by atoms with E-state index in [4.69, 9.17) is 11.6 Å². The highest BCUT2D eigenvalue weighted by molar-refractivity contribution is 9.10. The van der Waals surface area contributed by atoms with Gasteiger partial charge in [-0.15, -0.1) is 0 Å². The summed E-state index contributed by atoms with van der Waals surface area (Å²) in [5.74, 6) is -2.15. The number of hydrogen-bond acceptors (Lipinski definition) is 4. The SMILES string of the molecule is Cc1ccc(NC(=O)C(=O)N/N=C\c2cc(Br)ccc2Nc2ccc(F)cc2)cc1Cl. The molecule has 0 aliphatic heterocycles. The van der Waals surface area contributed by atoms with Crippen molar-refractivity contribution in [3.05, 3.63) is 87.1 Å². The third-order valence-corrected chi connectivity index (χ3v) is 5.04. The Morgan fingerprint density at radius 3 is 2.42 bits per heavy atom. The molecule has 6 nitrogen and oxygen atoms in total. The molecule has 0 spiro atoms. The summed E-state index contributed by atoms with van der Waals surface area (Å²) in [7, 11) is 0. The lowest BCUT2D eigenvalue weighted by Gasteiger charge is -2.10. The Morgan fingerprint density at radius 2 is 1.71 bits per heavy atom. The van der Waals surface area contributed by atoms with Crippen molar-refractivity contribution in [3.8, 4) is 0 Å². The number of carbonyl (C=O) groups excluding carboxylic acids is 2. The van der Waals surface area contributed by atoms with Crippen LogP contribution in [-0.2, 0) is 9.59 Å². The molecule has 3 N–H and O–H groups in total. The Hall–Kier alpha value is -3.23. The molecule has 0 bridgehead atoms. The molecule has 3 aromatic carbocycles. The van der Waals surface area contributed by atoms with Crippen LogP contribution in [0.5, 0.6) is 0 Å². The third-order valence-electron chi connectivity index (χ3n) is 4.14. The molecule has 3 aromatic rings. The molecule has 9 heteroatoms. The summed E-state index contributed by atoms with van der Waals surface area (Å²) in [4.78, 5) is 24.1. The average Bonchev–Trinajstić information content (AvgIpc) is 2.74. The maximum atomic E-state index is 13.1. The molecule has 3 rings (SSSR count). The summed E-state index contributed by atoms with van der Waals surface area (Å²) >= 11 is 9.40. The molecule has 0 heterocycles. The molecule has 0 fully saturated rings. The molecule has 0 radical (unpaired) electrons. The van der Waals surface area contributed by atoms with E-state index in [2.05, 4.69) is 37.1 Å². The topological polar surface area (TPSA) is 82.6 Å². The van der Waals surface area contributed by atoms with Gasteiger partial charge in [-0.2, -0.15) is 5.10 Å². The Bertz CT molecular complexity index is 1150. The fourth-order valence-electron chi connectivity index (χ4n) is 2.51. The van der Waals surface area contributed by atoms with Gasteiger partial charge in [-0.1, -0.05) is 33.6 Å². The molecule has 0 aliphatic carbocycles. The van der Waals surface area contributed by atoms with Crippen LogP contribution in [0, 0.1) is 12.7 Å². The average molecular weight is 504 g/mol. The molecule has 2 amide bonds. The van der Waals surface area contributed by atoms with Crippen molar-refractivity contribution in [1.82, 2.24) is 5.43 Å². The molecule has 0 saturated heterocycles. The summed E-state index contributed by atoms with van der Waals surface area (Å²) in [6.07, 6.45) is 1.39. The number of rotatable bonds is 5. The van der Waals surface area contributed by atoms with E-state index in [0.717, 1.165) is 10.0 Å². The molecule has 0 unspecified atom stereocenters. The number of hydrazone groups is 1. The summed E-state index contributed by atoms with van der Waals surface area (Å²) in [6.45, 7) is 1.83. The first-order valence-corrected chi connectivity index (χ1v) is 10.2. The summed E-state index contributed by atoms with van der Waals surface area (Å²) in [5.41, 5.74) is 5.42. The summed E-state index contributed by atoms with van der Waals surface area (Å²) < 4.78 is 13.9. The molecule has 31 heavy (non-hydrogen) atoms. The number of amides is 2. The second kappa shape index (κ2) is 10.2. The van der Waals surface area contributed by atoms with Crippen LogP contribution in [0.1, 0.15) is 11.1 Å². The van der Waals surface area contributed by atoms with Crippen molar-refractivity contribution < 1.29 is 14.0 Å². The lowest BCUT2D eigenvalue weighted by Crippen LogP contribution is -2.32.